The van der Waals surface area contributed by atoms with Gasteiger partial charge in [0.1, 0.15) is 5.75 Å². The number of ether oxygens (including phenoxy) is 1. The van der Waals surface area contributed by atoms with Crippen LogP contribution >= 0.6 is 0 Å². The van der Waals surface area contributed by atoms with Crippen molar-refractivity contribution in [1.82, 2.24) is 0 Å². The highest BCUT2D eigenvalue weighted by atomic mass is 16.5. The molecule has 0 aromatic heterocycles. The number of benzene rings is 1. The molecule has 1 aromatic rings. The lowest BCUT2D eigenvalue weighted by molar-refractivity contribution is 0.242. The van der Waals surface area contributed by atoms with Gasteiger partial charge in [-0.05, 0) is 38.5 Å². The zero-order valence-electron chi connectivity index (χ0n) is 7.29. The van der Waals surface area contributed by atoms with Gasteiger partial charge in [-0.2, -0.15) is 0 Å². The zero-order chi connectivity index (χ0) is 8.27. The Morgan fingerprint density at radius 3 is 2.55 bits per heavy atom. The molecular formula is C10H14O. The Kier molecular flexibility index (Phi) is 2.53. The number of aryl methyl sites for hydroxylation is 1. The third-order valence-electron chi connectivity index (χ3n) is 1.36. The van der Waals surface area contributed by atoms with Crippen molar-refractivity contribution in [3.05, 3.63) is 29.8 Å². The summed E-state index contributed by atoms with van der Waals surface area (Å²) in [5.74, 6) is 0.958. The van der Waals surface area contributed by atoms with Crippen LogP contribution in [0.25, 0.3) is 0 Å². The summed E-state index contributed by atoms with van der Waals surface area (Å²) in [6.45, 7) is 6.12. The van der Waals surface area contributed by atoms with Crippen LogP contribution in [0.5, 0.6) is 5.75 Å². The van der Waals surface area contributed by atoms with E-state index < -0.39 is 0 Å². The molecule has 0 saturated carbocycles. The summed E-state index contributed by atoms with van der Waals surface area (Å²) in [4.78, 5) is 0. The van der Waals surface area contributed by atoms with Crippen molar-refractivity contribution in [2.45, 2.75) is 26.9 Å². The van der Waals surface area contributed by atoms with Crippen LogP contribution in [0, 0.1) is 6.92 Å². The fourth-order valence-corrected chi connectivity index (χ4v) is 0.961. The van der Waals surface area contributed by atoms with Crippen molar-refractivity contribution >= 4 is 0 Å². The SMILES string of the molecule is Cc1cccc(OC(C)C)c1. The molecule has 1 heteroatoms. The van der Waals surface area contributed by atoms with Gasteiger partial charge in [-0.25, -0.2) is 0 Å². The topological polar surface area (TPSA) is 9.23 Å². The maximum absolute atomic E-state index is 5.50. The highest BCUT2D eigenvalue weighted by Gasteiger charge is 1.95. The van der Waals surface area contributed by atoms with Crippen LogP contribution in [0.15, 0.2) is 24.3 Å². The lowest BCUT2D eigenvalue weighted by Crippen LogP contribution is -2.05. The first-order chi connectivity index (χ1) is 5.18. The summed E-state index contributed by atoms with van der Waals surface area (Å²) < 4.78 is 5.50. The van der Waals surface area contributed by atoms with Gasteiger partial charge in [-0.15, -0.1) is 0 Å². The van der Waals surface area contributed by atoms with E-state index in [1.807, 2.05) is 32.0 Å². The Balaban J connectivity index is 2.71. The van der Waals surface area contributed by atoms with Gasteiger partial charge >= 0.3 is 0 Å². The molecule has 0 aliphatic carbocycles. The van der Waals surface area contributed by atoms with Gasteiger partial charge < -0.3 is 4.74 Å². The second-order valence-electron chi connectivity index (χ2n) is 2.98. The first kappa shape index (κ1) is 8.12. The van der Waals surface area contributed by atoms with Gasteiger partial charge in [0.05, 0.1) is 6.10 Å². The largest absolute Gasteiger partial charge is 0.491 e. The second kappa shape index (κ2) is 3.42. The number of hydrogen-bond donors (Lipinski definition) is 0. The average Bonchev–Trinajstić information content (AvgIpc) is 1.85. The molecule has 1 nitrogen and oxygen atoms in total. The maximum atomic E-state index is 5.50. The van der Waals surface area contributed by atoms with E-state index in [-0.39, 0.29) is 6.10 Å². The molecule has 0 aliphatic rings. The summed E-state index contributed by atoms with van der Waals surface area (Å²) in [5, 5.41) is 0. The second-order valence-corrected chi connectivity index (χ2v) is 2.98. The molecule has 60 valence electrons. The Labute approximate surface area is 68.0 Å². The summed E-state index contributed by atoms with van der Waals surface area (Å²) in [5.41, 5.74) is 1.24. The zero-order valence-corrected chi connectivity index (χ0v) is 7.29. The Morgan fingerprint density at radius 1 is 1.27 bits per heavy atom. The molecule has 0 spiro atoms. The Hall–Kier alpha value is -0.980. The predicted molar refractivity (Wildman–Crippen MR) is 46.9 cm³/mol. The third-order valence-corrected chi connectivity index (χ3v) is 1.36. The van der Waals surface area contributed by atoms with E-state index in [0.717, 1.165) is 5.75 Å². The van der Waals surface area contributed by atoms with Crippen molar-refractivity contribution < 1.29 is 4.74 Å². The van der Waals surface area contributed by atoms with E-state index in [4.69, 9.17) is 4.74 Å². The van der Waals surface area contributed by atoms with Crippen molar-refractivity contribution in [3.8, 4) is 5.75 Å². The van der Waals surface area contributed by atoms with Gasteiger partial charge in [0.15, 0.2) is 0 Å². The molecule has 0 N–H and O–H groups in total. The van der Waals surface area contributed by atoms with E-state index in [0.29, 0.717) is 0 Å². The molecule has 0 saturated heterocycles. The van der Waals surface area contributed by atoms with Crippen molar-refractivity contribution in [3.63, 3.8) is 0 Å². The summed E-state index contributed by atoms with van der Waals surface area (Å²) in [7, 11) is 0. The summed E-state index contributed by atoms with van der Waals surface area (Å²) >= 11 is 0. The minimum absolute atomic E-state index is 0.261. The van der Waals surface area contributed by atoms with E-state index in [1.165, 1.54) is 5.56 Å². The number of hydrogen-bond acceptors (Lipinski definition) is 1. The van der Waals surface area contributed by atoms with Crippen LogP contribution in [0.2, 0.25) is 0 Å². The predicted octanol–water partition coefficient (Wildman–Crippen LogP) is 2.78. The van der Waals surface area contributed by atoms with Crippen molar-refractivity contribution in [2.75, 3.05) is 0 Å². The van der Waals surface area contributed by atoms with Gasteiger partial charge in [-0.1, -0.05) is 12.1 Å². The molecule has 0 bridgehead atoms. The highest BCUT2D eigenvalue weighted by Crippen LogP contribution is 2.13. The van der Waals surface area contributed by atoms with Crippen LogP contribution < -0.4 is 4.74 Å². The quantitative estimate of drug-likeness (QED) is 0.630. The van der Waals surface area contributed by atoms with Gasteiger partial charge in [0.25, 0.3) is 0 Å². The van der Waals surface area contributed by atoms with Crippen LogP contribution in [0.3, 0.4) is 0 Å². The van der Waals surface area contributed by atoms with E-state index in [9.17, 15) is 0 Å². The van der Waals surface area contributed by atoms with Gasteiger partial charge in [-0.3, -0.25) is 0 Å². The average molecular weight is 150 g/mol. The molecule has 0 aliphatic heterocycles. The summed E-state index contributed by atoms with van der Waals surface area (Å²) in [6, 6.07) is 8.09. The smallest absolute Gasteiger partial charge is 0.119 e. The molecule has 1 aromatic carbocycles. The minimum atomic E-state index is 0.261. The minimum Gasteiger partial charge on any atom is -0.491 e. The third kappa shape index (κ3) is 2.62. The first-order valence-electron chi connectivity index (χ1n) is 3.92. The molecule has 1 rings (SSSR count). The molecule has 0 radical (unpaired) electrons. The fraction of sp³-hybridized carbons (Fsp3) is 0.400. The standard InChI is InChI=1S/C10H14O/c1-8(2)11-10-6-4-5-9(3)7-10/h4-8H,1-3H3. The first-order valence-corrected chi connectivity index (χ1v) is 3.92. The molecular weight excluding hydrogens is 136 g/mol. The van der Waals surface area contributed by atoms with E-state index in [2.05, 4.69) is 13.0 Å². The Bertz CT molecular complexity index is 228. The van der Waals surface area contributed by atoms with Crippen LogP contribution in [-0.2, 0) is 0 Å². The van der Waals surface area contributed by atoms with Crippen molar-refractivity contribution in [1.29, 1.82) is 0 Å². The van der Waals surface area contributed by atoms with Crippen LogP contribution in [0.4, 0.5) is 0 Å². The molecule has 0 unspecified atom stereocenters. The van der Waals surface area contributed by atoms with Gasteiger partial charge in [0, 0.05) is 0 Å². The van der Waals surface area contributed by atoms with Crippen LogP contribution in [-0.4, -0.2) is 6.10 Å². The lowest BCUT2D eigenvalue weighted by atomic mass is 10.2. The highest BCUT2D eigenvalue weighted by molar-refractivity contribution is 5.27. The summed E-state index contributed by atoms with van der Waals surface area (Å²) in [6.07, 6.45) is 0.261. The van der Waals surface area contributed by atoms with E-state index >= 15 is 0 Å². The van der Waals surface area contributed by atoms with E-state index in [1.54, 1.807) is 0 Å². The maximum Gasteiger partial charge on any atom is 0.119 e. The molecule has 0 atom stereocenters. The fourth-order valence-electron chi connectivity index (χ4n) is 0.961. The molecule has 0 fully saturated rings. The lowest BCUT2D eigenvalue weighted by Gasteiger charge is -2.09. The molecule has 0 heterocycles. The van der Waals surface area contributed by atoms with Crippen molar-refractivity contribution in [2.24, 2.45) is 0 Å². The Morgan fingerprint density at radius 2 is 2.00 bits per heavy atom. The van der Waals surface area contributed by atoms with Crippen LogP contribution in [0.1, 0.15) is 19.4 Å². The molecule has 0 amide bonds. The monoisotopic (exact) mass is 150 g/mol. The number of rotatable bonds is 2. The molecule has 11 heavy (non-hydrogen) atoms. The van der Waals surface area contributed by atoms with Gasteiger partial charge in [0.2, 0.25) is 0 Å². The normalized spacial score (nSPS) is 10.2.